The Kier molecular flexibility index (Phi) is 3.46. The highest BCUT2D eigenvalue weighted by molar-refractivity contribution is 6.30. The van der Waals surface area contributed by atoms with Gasteiger partial charge in [-0.05, 0) is 31.9 Å². The third-order valence-electron chi connectivity index (χ3n) is 3.26. The molecule has 1 heterocycles. The molecule has 0 unspecified atom stereocenters. The van der Waals surface area contributed by atoms with Crippen LogP contribution in [0.1, 0.15) is 22.4 Å². The average Bonchev–Trinajstić information content (AvgIpc) is 2.53. The number of halogens is 1. The summed E-state index contributed by atoms with van der Waals surface area (Å²) in [7, 11) is 1.95. The number of aromatic nitrogens is 2. The number of nitrogens with two attached hydrogens (primary N) is 1. The normalized spacial score (nSPS) is 11.0. The van der Waals surface area contributed by atoms with E-state index in [-0.39, 0.29) is 0 Å². The van der Waals surface area contributed by atoms with Crippen molar-refractivity contribution < 1.29 is 0 Å². The maximum Gasteiger partial charge on any atom is 0.152 e. The van der Waals surface area contributed by atoms with E-state index in [1.165, 1.54) is 16.7 Å². The van der Waals surface area contributed by atoms with Crippen LogP contribution in [0.25, 0.3) is 11.4 Å². The van der Waals surface area contributed by atoms with Crippen molar-refractivity contribution in [3.8, 4) is 11.4 Å². The molecule has 0 spiro atoms. The quantitative estimate of drug-likeness (QED) is 0.905. The highest BCUT2D eigenvalue weighted by Crippen LogP contribution is 2.30. The van der Waals surface area contributed by atoms with E-state index in [1.54, 1.807) is 0 Å². The molecule has 0 bridgehead atoms. The maximum absolute atomic E-state index is 6.12. The Morgan fingerprint density at radius 1 is 1.22 bits per heavy atom. The van der Waals surface area contributed by atoms with Crippen LogP contribution in [0, 0.1) is 20.8 Å². The molecule has 2 rings (SSSR count). The molecular weight excluding hydrogens is 246 g/mol. The lowest BCUT2D eigenvalue weighted by molar-refractivity contribution is 0.827. The fourth-order valence-electron chi connectivity index (χ4n) is 2.48. The predicted molar refractivity (Wildman–Crippen MR) is 75.8 cm³/mol. The molecule has 2 aromatic rings. The van der Waals surface area contributed by atoms with Crippen molar-refractivity contribution in [1.82, 2.24) is 9.55 Å². The zero-order valence-corrected chi connectivity index (χ0v) is 12.0. The summed E-state index contributed by atoms with van der Waals surface area (Å²) in [6, 6.07) is 4.32. The Morgan fingerprint density at radius 3 is 2.22 bits per heavy atom. The predicted octanol–water partition coefficient (Wildman–Crippen LogP) is 3.12. The number of hydrogen-bond acceptors (Lipinski definition) is 2. The van der Waals surface area contributed by atoms with E-state index in [1.807, 2.05) is 11.6 Å². The van der Waals surface area contributed by atoms with Crippen LogP contribution in [-0.2, 0) is 13.6 Å². The van der Waals surface area contributed by atoms with Crippen LogP contribution < -0.4 is 5.73 Å². The van der Waals surface area contributed by atoms with Crippen molar-refractivity contribution in [3.05, 3.63) is 39.7 Å². The van der Waals surface area contributed by atoms with Gasteiger partial charge in [0.15, 0.2) is 5.15 Å². The van der Waals surface area contributed by atoms with Crippen LogP contribution in [0.15, 0.2) is 12.1 Å². The molecule has 96 valence electrons. The molecule has 0 atom stereocenters. The van der Waals surface area contributed by atoms with E-state index < -0.39 is 0 Å². The van der Waals surface area contributed by atoms with Gasteiger partial charge in [-0.3, -0.25) is 0 Å². The highest BCUT2D eigenvalue weighted by atomic mass is 35.5. The zero-order chi connectivity index (χ0) is 13.4. The van der Waals surface area contributed by atoms with E-state index >= 15 is 0 Å². The van der Waals surface area contributed by atoms with Crippen LogP contribution in [0.2, 0.25) is 5.15 Å². The lowest BCUT2D eigenvalue weighted by Crippen LogP contribution is -2.05. The van der Waals surface area contributed by atoms with Gasteiger partial charge in [0.2, 0.25) is 0 Å². The molecule has 0 radical (unpaired) electrons. The molecule has 18 heavy (non-hydrogen) atoms. The molecule has 0 fully saturated rings. The van der Waals surface area contributed by atoms with Gasteiger partial charge in [0.05, 0.1) is 5.69 Å². The minimum atomic E-state index is 0.395. The number of rotatable bonds is 2. The second-order valence-corrected chi connectivity index (χ2v) is 5.07. The zero-order valence-electron chi connectivity index (χ0n) is 11.2. The molecule has 4 heteroatoms. The molecular formula is C14H18ClN3. The van der Waals surface area contributed by atoms with Gasteiger partial charge in [0.1, 0.15) is 5.82 Å². The number of nitrogens with zero attached hydrogens (tertiary/aromatic N) is 2. The van der Waals surface area contributed by atoms with Crippen molar-refractivity contribution in [2.75, 3.05) is 0 Å². The second-order valence-electron chi connectivity index (χ2n) is 4.71. The summed E-state index contributed by atoms with van der Waals surface area (Å²) in [5.74, 6) is 0.885. The molecule has 0 saturated heterocycles. The summed E-state index contributed by atoms with van der Waals surface area (Å²) in [5, 5.41) is 0.495. The molecule has 0 aliphatic carbocycles. The van der Waals surface area contributed by atoms with Crippen LogP contribution in [0.5, 0.6) is 0 Å². The number of aryl methyl sites for hydroxylation is 3. The van der Waals surface area contributed by atoms with Crippen molar-refractivity contribution in [3.63, 3.8) is 0 Å². The van der Waals surface area contributed by atoms with E-state index in [0.717, 1.165) is 17.1 Å². The first kappa shape index (κ1) is 13.1. The Hall–Kier alpha value is -1.32. The fraction of sp³-hybridized carbons (Fsp3) is 0.357. The number of hydrogen-bond donors (Lipinski definition) is 1. The third-order valence-corrected chi connectivity index (χ3v) is 3.56. The Bertz CT molecular complexity index is 576. The van der Waals surface area contributed by atoms with Crippen molar-refractivity contribution >= 4 is 11.6 Å². The molecule has 0 aliphatic rings. The van der Waals surface area contributed by atoms with Crippen LogP contribution in [-0.4, -0.2) is 9.55 Å². The topological polar surface area (TPSA) is 43.8 Å². The summed E-state index contributed by atoms with van der Waals surface area (Å²) in [4.78, 5) is 4.45. The molecule has 0 amide bonds. The molecule has 1 aromatic heterocycles. The van der Waals surface area contributed by atoms with Gasteiger partial charge < -0.3 is 10.3 Å². The van der Waals surface area contributed by atoms with Gasteiger partial charge in [-0.25, -0.2) is 4.98 Å². The van der Waals surface area contributed by atoms with Crippen molar-refractivity contribution in [2.45, 2.75) is 27.3 Å². The Morgan fingerprint density at radius 2 is 1.78 bits per heavy atom. The standard InChI is InChI=1S/C14H18ClN3/c1-8-5-9(2)12(10(3)6-8)14-17-13(15)11(7-16)18(14)4/h5-6H,7,16H2,1-4H3. The smallest absolute Gasteiger partial charge is 0.152 e. The first-order valence-corrected chi connectivity index (χ1v) is 6.33. The van der Waals surface area contributed by atoms with Gasteiger partial charge in [-0.15, -0.1) is 0 Å². The average molecular weight is 264 g/mol. The SMILES string of the molecule is Cc1cc(C)c(-c2nc(Cl)c(CN)n2C)c(C)c1. The second kappa shape index (κ2) is 4.75. The molecule has 3 nitrogen and oxygen atoms in total. The lowest BCUT2D eigenvalue weighted by atomic mass is 9.99. The number of imidazole rings is 1. The van der Waals surface area contributed by atoms with E-state index in [4.69, 9.17) is 17.3 Å². The maximum atomic E-state index is 6.12. The molecule has 0 aliphatic heterocycles. The summed E-state index contributed by atoms with van der Waals surface area (Å²) < 4.78 is 1.98. The van der Waals surface area contributed by atoms with Gasteiger partial charge in [-0.2, -0.15) is 0 Å². The molecule has 0 saturated carbocycles. The fourth-order valence-corrected chi connectivity index (χ4v) is 2.76. The van der Waals surface area contributed by atoms with Gasteiger partial charge in [0.25, 0.3) is 0 Å². The van der Waals surface area contributed by atoms with E-state index in [9.17, 15) is 0 Å². The van der Waals surface area contributed by atoms with Crippen LogP contribution in [0.3, 0.4) is 0 Å². The highest BCUT2D eigenvalue weighted by Gasteiger charge is 2.16. The van der Waals surface area contributed by atoms with Gasteiger partial charge in [0, 0.05) is 19.2 Å². The lowest BCUT2D eigenvalue weighted by Gasteiger charge is -2.11. The Labute approximate surface area is 113 Å². The van der Waals surface area contributed by atoms with Crippen LogP contribution in [0.4, 0.5) is 0 Å². The Balaban J connectivity index is 2.70. The minimum Gasteiger partial charge on any atom is -0.329 e. The van der Waals surface area contributed by atoms with Crippen molar-refractivity contribution in [1.29, 1.82) is 0 Å². The molecule has 2 N–H and O–H groups in total. The van der Waals surface area contributed by atoms with E-state index in [2.05, 4.69) is 37.9 Å². The third kappa shape index (κ3) is 2.04. The van der Waals surface area contributed by atoms with Gasteiger partial charge in [-0.1, -0.05) is 29.3 Å². The summed E-state index contributed by atoms with van der Waals surface area (Å²) in [6.07, 6.45) is 0. The monoisotopic (exact) mass is 263 g/mol. The number of benzene rings is 1. The summed E-state index contributed by atoms with van der Waals surface area (Å²) >= 11 is 6.12. The van der Waals surface area contributed by atoms with Crippen molar-refractivity contribution in [2.24, 2.45) is 12.8 Å². The first-order chi connectivity index (χ1) is 8.45. The molecule has 1 aromatic carbocycles. The first-order valence-electron chi connectivity index (χ1n) is 5.95. The minimum absolute atomic E-state index is 0.395. The van der Waals surface area contributed by atoms with Gasteiger partial charge >= 0.3 is 0 Å². The summed E-state index contributed by atoms with van der Waals surface area (Å²) in [5.41, 5.74) is 11.4. The van der Waals surface area contributed by atoms with E-state index in [0.29, 0.717) is 11.7 Å². The largest absolute Gasteiger partial charge is 0.329 e. The summed E-state index contributed by atoms with van der Waals surface area (Å²) in [6.45, 7) is 6.69. The van der Waals surface area contributed by atoms with Crippen LogP contribution >= 0.6 is 11.6 Å².